The van der Waals surface area contributed by atoms with Gasteiger partial charge in [0.15, 0.2) is 11.9 Å². The Balaban J connectivity index is 2.52. The lowest BCUT2D eigenvalue weighted by molar-refractivity contribution is -0.135. The largest absolute Gasteiger partial charge is 0.411 e. The molecule has 0 aromatic carbocycles. The predicted molar refractivity (Wildman–Crippen MR) is 42.4 cm³/mol. The number of esters is 1. The lowest BCUT2D eigenvalue weighted by atomic mass is 10.1. The van der Waals surface area contributed by atoms with Gasteiger partial charge in [0.2, 0.25) is 0 Å². The summed E-state index contributed by atoms with van der Waals surface area (Å²) in [5, 5.41) is 0. The van der Waals surface area contributed by atoms with Gasteiger partial charge in [0, 0.05) is 6.92 Å². The Bertz CT molecular complexity index is 196. The van der Waals surface area contributed by atoms with E-state index in [1.807, 2.05) is 0 Å². The maximum absolute atomic E-state index is 11.0. The van der Waals surface area contributed by atoms with Crippen LogP contribution in [-0.4, -0.2) is 17.9 Å². The molecular formula is C8H13NO2. The van der Waals surface area contributed by atoms with Crippen molar-refractivity contribution in [2.45, 2.75) is 33.2 Å². The summed E-state index contributed by atoms with van der Waals surface area (Å²) in [7, 11) is 0. The van der Waals surface area contributed by atoms with E-state index in [9.17, 15) is 4.79 Å². The number of cyclic esters (lactones) is 1. The molecule has 0 radical (unpaired) electrons. The minimum atomic E-state index is -0.241. The second-order valence-corrected chi connectivity index (χ2v) is 3.21. The van der Waals surface area contributed by atoms with Crippen molar-refractivity contribution < 1.29 is 9.53 Å². The number of carbonyl (C=O) groups is 1. The molecule has 0 saturated carbocycles. The van der Waals surface area contributed by atoms with E-state index in [1.54, 1.807) is 6.92 Å². The molecule has 3 nitrogen and oxygen atoms in total. The van der Waals surface area contributed by atoms with E-state index in [0.29, 0.717) is 11.8 Å². The highest BCUT2D eigenvalue weighted by Crippen LogP contribution is 2.14. The van der Waals surface area contributed by atoms with Crippen molar-refractivity contribution in [3.05, 3.63) is 0 Å². The molecule has 0 spiro atoms. The van der Waals surface area contributed by atoms with Crippen LogP contribution in [0.5, 0.6) is 0 Å². The third-order valence-corrected chi connectivity index (χ3v) is 1.55. The van der Waals surface area contributed by atoms with Crippen LogP contribution < -0.4 is 0 Å². The molecule has 0 aromatic rings. The van der Waals surface area contributed by atoms with Gasteiger partial charge in [0.05, 0.1) is 0 Å². The fourth-order valence-corrected chi connectivity index (χ4v) is 1.11. The Morgan fingerprint density at radius 3 is 2.64 bits per heavy atom. The fraction of sp³-hybridized carbons (Fsp3) is 0.750. The average molecular weight is 155 g/mol. The molecule has 3 heteroatoms. The summed E-state index contributed by atoms with van der Waals surface area (Å²) in [6.07, 6.45) is 0.788. The normalized spacial score (nSPS) is 23.8. The summed E-state index contributed by atoms with van der Waals surface area (Å²) in [5.74, 6) is 0.791. The van der Waals surface area contributed by atoms with Crippen LogP contribution in [0.15, 0.2) is 4.99 Å². The molecule has 0 aliphatic carbocycles. The average Bonchev–Trinajstić information content (AvgIpc) is 2.09. The first kappa shape index (κ1) is 8.24. The second kappa shape index (κ2) is 3.03. The Kier molecular flexibility index (Phi) is 2.27. The van der Waals surface area contributed by atoms with Crippen molar-refractivity contribution in [3.8, 4) is 0 Å². The lowest BCUT2D eigenvalue weighted by Gasteiger charge is -2.05. The third kappa shape index (κ3) is 2.03. The van der Waals surface area contributed by atoms with Crippen molar-refractivity contribution in [2.75, 3.05) is 0 Å². The molecular weight excluding hydrogens is 142 g/mol. The number of aliphatic imine (C=N–C) groups is 1. The summed E-state index contributed by atoms with van der Waals surface area (Å²) >= 11 is 0. The summed E-state index contributed by atoms with van der Waals surface area (Å²) in [6.45, 7) is 5.84. The molecule has 1 atom stereocenters. The van der Waals surface area contributed by atoms with E-state index in [-0.39, 0.29) is 12.0 Å². The summed E-state index contributed by atoms with van der Waals surface area (Å²) in [5.41, 5.74) is 0. The van der Waals surface area contributed by atoms with Gasteiger partial charge >= 0.3 is 5.97 Å². The van der Waals surface area contributed by atoms with Gasteiger partial charge in [-0.05, 0) is 12.3 Å². The van der Waals surface area contributed by atoms with Crippen LogP contribution in [0.25, 0.3) is 0 Å². The van der Waals surface area contributed by atoms with E-state index in [4.69, 9.17) is 4.74 Å². The molecule has 1 unspecified atom stereocenters. The monoisotopic (exact) mass is 155 g/mol. The van der Waals surface area contributed by atoms with Crippen LogP contribution in [0.4, 0.5) is 0 Å². The topological polar surface area (TPSA) is 38.7 Å². The Morgan fingerprint density at radius 1 is 1.64 bits per heavy atom. The van der Waals surface area contributed by atoms with Crippen molar-refractivity contribution in [1.29, 1.82) is 0 Å². The maximum Gasteiger partial charge on any atom is 0.337 e. The van der Waals surface area contributed by atoms with Gasteiger partial charge in [-0.25, -0.2) is 9.79 Å². The summed E-state index contributed by atoms with van der Waals surface area (Å²) < 4.78 is 4.79. The Hall–Kier alpha value is -0.860. The van der Waals surface area contributed by atoms with Gasteiger partial charge in [-0.1, -0.05) is 13.8 Å². The van der Waals surface area contributed by atoms with E-state index >= 15 is 0 Å². The second-order valence-electron chi connectivity index (χ2n) is 3.21. The Morgan fingerprint density at radius 2 is 2.27 bits per heavy atom. The molecule has 1 heterocycles. The fourth-order valence-electron chi connectivity index (χ4n) is 1.11. The van der Waals surface area contributed by atoms with Crippen LogP contribution >= 0.6 is 0 Å². The van der Waals surface area contributed by atoms with Crippen LogP contribution in [0.3, 0.4) is 0 Å². The zero-order valence-corrected chi connectivity index (χ0v) is 7.13. The van der Waals surface area contributed by atoms with Gasteiger partial charge in [0.25, 0.3) is 0 Å². The van der Waals surface area contributed by atoms with E-state index in [1.165, 1.54) is 0 Å². The van der Waals surface area contributed by atoms with E-state index < -0.39 is 0 Å². The van der Waals surface area contributed by atoms with Crippen LogP contribution in [0, 0.1) is 5.92 Å². The Labute approximate surface area is 66.5 Å². The smallest absolute Gasteiger partial charge is 0.337 e. The van der Waals surface area contributed by atoms with Gasteiger partial charge in [-0.2, -0.15) is 0 Å². The molecule has 11 heavy (non-hydrogen) atoms. The molecule has 1 rings (SSSR count). The molecule has 0 saturated heterocycles. The van der Waals surface area contributed by atoms with Gasteiger partial charge in [0.1, 0.15) is 0 Å². The number of ether oxygens (including phenoxy) is 1. The maximum atomic E-state index is 11.0. The first-order chi connectivity index (χ1) is 5.09. The molecule has 0 aromatic heterocycles. The number of carbonyl (C=O) groups excluding carboxylic acids is 1. The molecule has 0 amide bonds. The van der Waals surface area contributed by atoms with E-state index in [2.05, 4.69) is 18.8 Å². The molecule has 0 N–H and O–H groups in total. The predicted octanol–water partition coefficient (Wildman–Crippen LogP) is 1.38. The van der Waals surface area contributed by atoms with Crippen LogP contribution in [0.2, 0.25) is 0 Å². The first-order valence-corrected chi connectivity index (χ1v) is 3.85. The molecule has 62 valence electrons. The molecule has 1 aliphatic heterocycles. The lowest BCUT2D eigenvalue weighted by Crippen LogP contribution is -2.16. The number of nitrogens with zero attached hydrogens (tertiary/aromatic N) is 1. The molecule has 1 aliphatic rings. The van der Waals surface area contributed by atoms with Crippen LogP contribution in [0.1, 0.15) is 27.2 Å². The molecule has 0 bridgehead atoms. The highest BCUT2D eigenvalue weighted by molar-refractivity contribution is 5.95. The summed E-state index contributed by atoms with van der Waals surface area (Å²) in [6, 6.07) is -0.241. The number of rotatable bonds is 2. The van der Waals surface area contributed by atoms with Crippen LogP contribution in [-0.2, 0) is 9.53 Å². The van der Waals surface area contributed by atoms with E-state index in [0.717, 1.165) is 6.42 Å². The zero-order valence-electron chi connectivity index (χ0n) is 7.13. The number of hydrogen-bond acceptors (Lipinski definition) is 3. The molecule has 0 fully saturated rings. The number of hydrogen-bond donors (Lipinski definition) is 0. The minimum Gasteiger partial charge on any atom is -0.411 e. The SMILES string of the molecule is CC1=NC(CC(C)C)C(=O)O1. The summed E-state index contributed by atoms with van der Waals surface area (Å²) in [4.78, 5) is 15.0. The first-order valence-electron chi connectivity index (χ1n) is 3.85. The van der Waals surface area contributed by atoms with Crippen molar-refractivity contribution in [1.82, 2.24) is 0 Å². The minimum absolute atomic E-state index is 0.198. The van der Waals surface area contributed by atoms with Crippen molar-refractivity contribution in [2.24, 2.45) is 10.9 Å². The van der Waals surface area contributed by atoms with Crippen molar-refractivity contribution >= 4 is 11.9 Å². The standard InChI is InChI=1S/C8H13NO2/c1-5(2)4-7-8(10)11-6(3)9-7/h5,7H,4H2,1-3H3. The van der Waals surface area contributed by atoms with Crippen molar-refractivity contribution in [3.63, 3.8) is 0 Å². The van der Waals surface area contributed by atoms with Gasteiger partial charge in [-0.15, -0.1) is 0 Å². The highest BCUT2D eigenvalue weighted by atomic mass is 16.6. The van der Waals surface area contributed by atoms with Gasteiger partial charge < -0.3 is 4.74 Å². The highest BCUT2D eigenvalue weighted by Gasteiger charge is 2.26. The zero-order chi connectivity index (χ0) is 8.43. The third-order valence-electron chi connectivity index (χ3n) is 1.55. The van der Waals surface area contributed by atoms with Gasteiger partial charge in [-0.3, -0.25) is 0 Å². The quantitative estimate of drug-likeness (QED) is 0.565.